The second-order valence-electron chi connectivity index (χ2n) is 12.4. The highest BCUT2D eigenvalue weighted by Crippen LogP contribution is 2.39. The number of ether oxygens (including phenoxy) is 2. The zero-order chi connectivity index (χ0) is 31.2. The number of fused-ring (bicyclic) bond motifs is 1. The van der Waals surface area contributed by atoms with E-state index in [-0.39, 0.29) is 45.8 Å². The Morgan fingerprint density at radius 2 is 1.64 bits per heavy atom. The Morgan fingerprint density at radius 3 is 2.21 bits per heavy atom. The Kier molecular flexibility index (Phi) is 8.63. The number of carbonyl (C=O) groups is 2. The van der Waals surface area contributed by atoms with Gasteiger partial charge in [0.1, 0.15) is 28.1 Å². The van der Waals surface area contributed by atoms with E-state index in [4.69, 9.17) is 32.7 Å². The summed E-state index contributed by atoms with van der Waals surface area (Å²) in [7, 11) is 0. The van der Waals surface area contributed by atoms with Crippen molar-refractivity contribution in [2.75, 3.05) is 18.0 Å². The molecule has 1 aliphatic heterocycles. The monoisotopic (exact) mass is 626 g/mol. The fourth-order valence-electron chi connectivity index (χ4n) is 4.50. The Bertz CT molecular complexity index is 1510. The van der Waals surface area contributed by atoms with Crippen LogP contribution < -0.4 is 10.2 Å². The number of hydrogen-bond donors (Lipinski definition) is 1. The van der Waals surface area contributed by atoms with Gasteiger partial charge in [0.25, 0.3) is 6.43 Å². The molecule has 14 heteroatoms. The molecule has 0 spiro atoms. The molecule has 1 aliphatic rings. The van der Waals surface area contributed by atoms with Crippen LogP contribution >= 0.6 is 23.2 Å². The third-order valence-corrected chi connectivity index (χ3v) is 7.28. The topological polar surface area (TPSA) is 111 Å². The molecule has 0 radical (unpaired) electrons. The quantitative estimate of drug-likeness (QED) is 0.319. The number of anilines is 1. The molecule has 1 fully saturated rings. The Hall–Kier alpha value is -3.25. The van der Waals surface area contributed by atoms with Crippen LogP contribution in [0.3, 0.4) is 0 Å². The van der Waals surface area contributed by atoms with Crippen molar-refractivity contribution in [3.8, 4) is 11.3 Å². The zero-order valence-corrected chi connectivity index (χ0v) is 26.0. The molecule has 10 nitrogen and oxygen atoms in total. The van der Waals surface area contributed by atoms with E-state index in [1.165, 1.54) is 0 Å². The summed E-state index contributed by atoms with van der Waals surface area (Å²) < 4.78 is 40.8. The lowest BCUT2D eigenvalue weighted by Crippen LogP contribution is -2.54. The lowest BCUT2D eigenvalue weighted by molar-refractivity contribution is 0.0446. The third-order valence-electron chi connectivity index (χ3n) is 6.46. The molecule has 1 saturated heterocycles. The van der Waals surface area contributed by atoms with Gasteiger partial charge in [0.2, 0.25) is 0 Å². The van der Waals surface area contributed by atoms with Crippen LogP contribution in [0.2, 0.25) is 10.0 Å². The number of halogens is 4. The number of carbonyl (C=O) groups excluding carboxylic acids is 2. The average molecular weight is 628 g/mol. The maximum atomic E-state index is 14.5. The van der Waals surface area contributed by atoms with Crippen LogP contribution in [0, 0.1) is 0 Å². The number of nitrogens with zero attached hydrogens (tertiary/aromatic N) is 5. The van der Waals surface area contributed by atoms with Crippen LogP contribution in [0.25, 0.3) is 22.4 Å². The van der Waals surface area contributed by atoms with E-state index in [9.17, 15) is 18.4 Å². The molecular weight excluding hydrogens is 593 g/mol. The van der Waals surface area contributed by atoms with Gasteiger partial charge in [0.05, 0.1) is 10.0 Å². The van der Waals surface area contributed by atoms with Gasteiger partial charge in [0.15, 0.2) is 11.5 Å². The minimum absolute atomic E-state index is 0.0529. The van der Waals surface area contributed by atoms with Crippen LogP contribution in [0.4, 0.5) is 24.2 Å². The van der Waals surface area contributed by atoms with Crippen molar-refractivity contribution >= 4 is 52.4 Å². The molecule has 0 saturated carbocycles. The number of hydrogen-bond acceptors (Lipinski definition) is 8. The standard InChI is InChI=1S/C28H34Cl2F2N6O4/c1-26(2,3)41-24(39)35-28(7)11-13-37(14-12-28)22-20(21(31)32)33-19-18(15-9-8-10-16(29)17(15)30)36-38(23(19)34-22)25(40)42-27(4,5)6/h8-10,21H,11-14H2,1-7H3,(H,35,39). The van der Waals surface area contributed by atoms with Crippen molar-refractivity contribution in [3.63, 3.8) is 0 Å². The lowest BCUT2D eigenvalue weighted by Gasteiger charge is -2.40. The summed E-state index contributed by atoms with van der Waals surface area (Å²) in [4.78, 5) is 36.1. The van der Waals surface area contributed by atoms with Gasteiger partial charge in [-0.2, -0.15) is 5.10 Å². The predicted octanol–water partition coefficient (Wildman–Crippen LogP) is 7.40. The Balaban J connectivity index is 1.77. The smallest absolute Gasteiger partial charge is 0.437 e. The highest BCUT2D eigenvalue weighted by Gasteiger charge is 2.36. The van der Waals surface area contributed by atoms with Crippen molar-refractivity contribution in [1.29, 1.82) is 0 Å². The first-order chi connectivity index (χ1) is 19.4. The first-order valence-electron chi connectivity index (χ1n) is 13.4. The minimum atomic E-state index is -2.99. The summed E-state index contributed by atoms with van der Waals surface area (Å²) in [5.74, 6) is -0.0923. The van der Waals surface area contributed by atoms with Crippen LogP contribution in [0.1, 0.15) is 73.4 Å². The van der Waals surface area contributed by atoms with Crippen molar-refractivity contribution in [2.45, 2.75) is 84.5 Å². The number of benzene rings is 1. The molecule has 1 N–H and O–H groups in total. The van der Waals surface area contributed by atoms with Gasteiger partial charge < -0.3 is 19.7 Å². The molecule has 2 aromatic heterocycles. The third kappa shape index (κ3) is 7.03. The molecule has 42 heavy (non-hydrogen) atoms. The molecule has 0 unspecified atom stereocenters. The summed E-state index contributed by atoms with van der Waals surface area (Å²) in [6.45, 7) is 12.8. The molecule has 1 amide bonds. The van der Waals surface area contributed by atoms with Crippen molar-refractivity contribution < 1.29 is 27.8 Å². The fourth-order valence-corrected chi connectivity index (χ4v) is 4.89. The average Bonchev–Trinajstić information content (AvgIpc) is 3.21. The summed E-state index contributed by atoms with van der Waals surface area (Å²) >= 11 is 12.6. The van der Waals surface area contributed by atoms with Gasteiger partial charge in [0, 0.05) is 24.2 Å². The van der Waals surface area contributed by atoms with E-state index >= 15 is 0 Å². The van der Waals surface area contributed by atoms with Gasteiger partial charge in [-0.1, -0.05) is 35.3 Å². The van der Waals surface area contributed by atoms with Gasteiger partial charge in [-0.15, -0.1) is 4.68 Å². The Morgan fingerprint density at radius 1 is 1.02 bits per heavy atom. The summed E-state index contributed by atoms with van der Waals surface area (Å²) in [5.41, 5.74) is -2.53. The molecule has 4 rings (SSSR count). The highest BCUT2D eigenvalue weighted by atomic mass is 35.5. The van der Waals surface area contributed by atoms with E-state index in [2.05, 4.69) is 20.4 Å². The zero-order valence-electron chi connectivity index (χ0n) is 24.5. The number of nitrogens with one attached hydrogen (secondary N) is 1. The van der Waals surface area contributed by atoms with Crippen LogP contribution in [0.15, 0.2) is 18.2 Å². The van der Waals surface area contributed by atoms with E-state index in [1.54, 1.807) is 64.6 Å². The number of alkyl halides is 2. The molecule has 3 heterocycles. The number of rotatable bonds is 4. The van der Waals surface area contributed by atoms with E-state index in [0.29, 0.717) is 18.4 Å². The number of alkyl carbamates (subject to hydrolysis) is 1. The van der Waals surface area contributed by atoms with E-state index in [0.717, 1.165) is 4.68 Å². The first kappa shape index (κ1) is 31.7. The molecule has 0 aliphatic carbocycles. The van der Waals surface area contributed by atoms with Crippen molar-refractivity contribution in [2.24, 2.45) is 0 Å². The number of amides is 1. The highest BCUT2D eigenvalue weighted by molar-refractivity contribution is 6.43. The van der Waals surface area contributed by atoms with Crippen LogP contribution in [-0.4, -0.2) is 61.8 Å². The van der Waals surface area contributed by atoms with Crippen LogP contribution in [0.5, 0.6) is 0 Å². The number of aromatic nitrogens is 4. The number of piperidine rings is 1. The summed E-state index contributed by atoms with van der Waals surface area (Å²) in [6, 6.07) is 4.78. The van der Waals surface area contributed by atoms with Gasteiger partial charge in [-0.3, -0.25) is 0 Å². The normalized spacial score (nSPS) is 15.7. The van der Waals surface area contributed by atoms with Gasteiger partial charge >= 0.3 is 12.2 Å². The van der Waals surface area contributed by atoms with Gasteiger partial charge in [-0.05, 0) is 67.4 Å². The first-order valence-corrected chi connectivity index (χ1v) is 14.2. The second-order valence-corrected chi connectivity index (χ2v) is 13.2. The van der Waals surface area contributed by atoms with E-state index in [1.807, 2.05) is 6.92 Å². The second kappa shape index (κ2) is 11.4. The molecule has 1 aromatic carbocycles. The minimum Gasteiger partial charge on any atom is -0.444 e. The maximum Gasteiger partial charge on any atom is 0.437 e. The van der Waals surface area contributed by atoms with Gasteiger partial charge in [-0.25, -0.2) is 28.3 Å². The summed E-state index contributed by atoms with van der Waals surface area (Å²) in [5, 5.41) is 7.59. The van der Waals surface area contributed by atoms with Crippen molar-refractivity contribution in [1.82, 2.24) is 25.1 Å². The van der Waals surface area contributed by atoms with Crippen LogP contribution in [-0.2, 0) is 9.47 Å². The molecule has 0 atom stereocenters. The van der Waals surface area contributed by atoms with Crippen molar-refractivity contribution in [3.05, 3.63) is 33.9 Å². The predicted molar refractivity (Wildman–Crippen MR) is 157 cm³/mol. The maximum absolute atomic E-state index is 14.5. The summed E-state index contributed by atoms with van der Waals surface area (Å²) in [6.07, 6.45) is -3.57. The molecule has 0 bridgehead atoms. The SMILES string of the molecule is CC1(NC(=O)OC(C)(C)C)CCN(c2nc3c(nc2C(F)F)c(-c2cccc(Cl)c2Cl)nn3C(=O)OC(C)(C)C)CC1. The lowest BCUT2D eigenvalue weighted by atomic mass is 9.89. The fraction of sp³-hybridized carbons (Fsp3) is 0.536. The largest absolute Gasteiger partial charge is 0.444 e. The van der Waals surface area contributed by atoms with E-state index < -0.39 is 41.0 Å². The molecule has 3 aromatic rings. The Labute approximate surface area is 252 Å². The molecule has 228 valence electrons. The molecular formula is C28H34Cl2F2N6O4.